The van der Waals surface area contributed by atoms with E-state index in [1.165, 1.54) is 0 Å². The Hall–Kier alpha value is -0.870. The molecule has 5 heteroatoms. The molecule has 0 aliphatic carbocycles. The molecule has 2 rings (SSSR count). The van der Waals surface area contributed by atoms with Gasteiger partial charge in [-0.25, -0.2) is 9.97 Å². The predicted octanol–water partition coefficient (Wildman–Crippen LogP) is 2.10. The van der Waals surface area contributed by atoms with E-state index in [4.69, 9.17) is 11.6 Å². The molecule has 0 aromatic carbocycles. The molecular formula is C12H18ClN3O. The zero-order valence-corrected chi connectivity index (χ0v) is 11.3. The van der Waals surface area contributed by atoms with E-state index in [1.54, 1.807) is 0 Å². The van der Waals surface area contributed by atoms with E-state index in [9.17, 15) is 5.11 Å². The number of hydrogen-bond acceptors (Lipinski definition) is 4. The zero-order chi connectivity index (χ0) is 12.6. The molecule has 1 aliphatic heterocycles. The number of aromatic nitrogens is 2. The molecule has 0 saturated carbocycles. The van der Waals surface area contributed by atoms with Gasteiger partial charge in [-0.2, -0.15) is 0 Å². The average molecular weight is 256 g/mol. The quantitative estimate of drug-likeness (QED) is 0.781. The Labute approximate surface area is 107 Å². The molecule has 4 nitrogen and oxygen atoms in total. The highest BCUT2D eigenvalue weighted by atomic mass is 35.5. The summed E-state index contributed by atoms with van der Waals surface area (Å²) >= 11 is 6.07. The Morgan fingerprint density at radius 3 is 2.41 bits per heavy atom. The lowest BCUT2D eigenvalue weighted by molar-refractivity contribution is 0.0350. The minimum Gasteiger partial charge on any atom is -0.390 e. The number of rotatable bonds is 1. The van der Waals surface area contributed by atoms with Crippen LogP contribution >= 0.6 is 11.6 Å². The highest BCUT2D eigenvalue weighted by Crippen LogP contribution is 2.28. The molecule has 1 saturated heterocycles. The highest BCUT2D eigenvalue weighted by molar-refractivity contribution is 6.30. The van der Waals surface area contributed by atoms with Crippen LogP contribution in [0.5, 0.6) is 0 Å². The summed E-state index contributed by atoms with van der Waals surface area (Å²) in [6.45, 7) is 7.27. The molecule has 17 heavy (non-hydrogen) atoms. The monoisotopic (exact) mass is 255 g/mol. The van der Waals surface area contributed by atoms with E-state index in [2.05, 4.69) is 14.9 Å². The van der Waals surface area contributed by atoms with Crippen LogP contribution in [-0.2, 0) is 0 Å². The van der Waals surface area contributed by atoms with E-state index < -0.39 is 5.60 Å². The van der Waals surface area contributed by atoms with Crippen molar-refractivity contribution in [1.29, 1.82) is 0 Å². The molecule has 1 aromatic rings. The molecule has 1 aliphatic rings. The lowest BCUT2D eigenvalue weighted by Gasteiger charge is -2.37. The minimum absolute atomic E-state index is 0.518. The number of aryl methyl sites for hydroxylation is 1. The number of nitrogens with zero attached hydrogens (tertiary/aromatic N) is 3. The van der Waals surface area contributed by atoms with Gasteiger partial charge < -0.3 is 10.0 Å². The van der Waals surface area contributed by atoms with Crippen molar-refractivity contribution in [2.75, 3.05) is 18.0 Å². The fourth-order valence-electron chi connectivity index (χ4n) is 2.09. The van der Waals surface area contributed by atoms with Gasteiger partial charge in [-0.3, -0.25) is 0 Å². The minimum atomic E-state index is -0.545. The molecule has 1 fully saturated rings. The third kappa shape index (κ3) is 2.69. The van der Waals surface area contributed by atoms with Gasteiger partial charge >= 0.3 is 0 Å². The van der Waals surface area contributed by atoms with Crippen LogP contribution in [0.15, 0.2) is 0 Å². The van der Waals surface area contributed by atoms with Gasteiger partial charge in [-0.05, 0) is 33.6 Å². The molecular weight excluding hydrogens is 238 g/mol. The smallest absolute Gasteiger partial charge is 0.137 e. The molecule has 0 atom stereocenters. The van der Waals surface area contributed by atoms with Gasteiger partial charge in [-0.1, -0.05) is 11.6 Å². The van der Waals surface area contributed by atoms with Crippen LogP contribution in [-0.4, -0.2) is 33.8 Å². The molecule has 1 N–H and O–H groups in total. The van der Waals surface area contributed by atoms with Crippen LogP contribution in [0.1, 0.15) is 31.2 Å². The van der Waals surface area contributed by atoms with Gasteiger partial charge in [0.1, 0.15) is 16.8 Å². The maximum absolute atomic E-state index is 9.93. The van der Waals surface area contributed by atoms with Gasteiger partial charge in [0.2, 0.25) is 0 Å². The Bertz CT molecular complexity index is 424. The van der Waals surface area contributed by atoms with E-state index in [-0.39, 0.29) is 0 Å². The van der Waals surface area contributed by atoms with Crippen molar-refractivity contribution < 1.29 is 5.11 Å². The second-order valence-corrected chi connectivity index (χ2v) is 5.35. The van der Waals surface area contributed by atoms with Crippen molar-refractivity contribution in [2.45, 2.75) is 39.2 Å². The first kappa shape index (κ1) is 12.6. The summed E-state index contributed by atoms with van der Waals surface area (Å²) in [6, 6.07) is 0. The van der Waals surface area contributed by atoms with Crippen molar-refractivity contribution in [3.63, 3.8) is 0 Å². The number of halogens is 1. The Morgan fingerprint density at radius 2 is 1.82 bits per heavy atom. The predicted molar refractivity (Wildman–Crippen MR) is 68.6 cm³/mol. The molecule has 0 amide bonds. The van der Waals surface area contributed by atoms with E-state index in [0.717, 1.165) is 37.3 Å². The maximum atomic E-state index is 9.93. The Morgan fingerprint density at radius 1 is 1.24 bits per heavy atom. The lowest BCUT2D eigenvalue weighted by atomic mass is 9.94. The second kappa shape index (κ2) is 4.42. The lowest BCUT2D eigenvalue weighted by Crippen LogP contribution is -2.43. The van der Waals surface area contributed by atoms with Gasteiger partial charge in [-0.15, -0.1) is 0 Å². The van der Waals surface area contributed by atoms with E-state index in [1.807, 2.05) is 20.8 Å². The molecule has 0 spiro atoms. The van der Waals surface area contributed by atoms with Crippen LogP contribution in [0.4, 0.5) is 5.82 Å². The second-order valence-electron chi connectivity index (χ2n) is 4.99. The summed E-state index contributed by atoms with van der Waals surface area (Å²) in [5, 5.41) is 10.5. The summed E-state index contributed by atoms with van der Waals surface area (Å²) in [4.78, 5) is 10.8. The van der Waals surface area contributed by atoms with Crippen LogP contribution in [0, 0.1) is 13.8 Å². The summed E-state index contributed by atoms with van der Waals surface area (Å²) in [7, 11) is 0. The average Bonchev–Trinajstić information content (AvgIpc) is 2.24. The number of hydrogen-bond donors (Lipinski definition) is 1. The van der Waals surface area contributed by atoms with Crippen LogP contribution in [0.25, 0.3) is 0 Å². The van der Waals surface area contributed by atoms with Gasteiger partial charge in [0, 0.05) is 18.7 Å². The largest absolute Gasteiger partial charge is 0.390 e. The van der Waals surface area contributed by atoms with Crippen molar-refractivity contribution in [1.82, 2.24) is 9.97 Å². The number of anilines is 1. The number of piperidine rings is 1. The molecule has 2 heterocycles. The van der Waals surface area contributed by atoms with Crippen LogP contribution < -0.4 is 4.90 Å². The van der Waals surface area contributed by atoms with Crippen molar-refractivity contribution in [2.24, 2.45) is 0 Å². The standard InChI is InChI=1S/C12H18ClN3O/c1-8-10(13)14-9(2)15-11(8)16-6-4-12(3,17)5-7-16/h17H,4-7H2,1-3H3. The molecule has 1 aromatic heterocycles. The maximum Gasteiger partial charge on any atom is 0.137 e. The third-order valence-electron chi connectivity index (χ3n) is 3.31. The molecule has 94 valence electrons. The van der Waals surface area contributed by atoms with Crippen molar-refractivity contribution in [3.8, 4) is 0 Å². The first-order valence-electron chi connectivity index (χ1n) is 5.87. The molecule has 0 bridgehead atoms. The van der Waals surface area contributed by atoms with Crippen LogP contribution in [0.3, 0.4) is 0 Å². The summed E-state index contributed by atoms with van der Waals surface area (Å²) < 4.78 is 0. The fourth-order valence-corrected chi connectivity index (χ4v) is 2.30. The molecule has 0 radical (unpaired) electrons. The molecule has 0 unspecified atom stereocenters. The van der Waals surface area contributed by atoms with Gasteiger partial charge in [0.15, 0.2) is 0 Å². The van der Waals surface area contributed by atoms with Crippen molar-refractivity contribution in [3.05, 3.63) is 16.5 Å². The first-order chi connectivity index (χ1) is 7.89. The highest BCUT2D eigenvalue weighted by Gasteiger charge is 2.28. The SMILES string of the molecule is Cc1nc(Cl)c(C)c(N2CCC(C)(O)CC2)n1. The Balaban J connectivity index is 2.24. The van der Waals surface area contributed by atoms with E-state index >= 15 is 0 Å². The van der Waals surface area contributed by atoms with Crippen LogP contribution in [0.2, 0.25) is 5.15 Å². The summed E-state index contributed by atoms with van der Waals surface area (Å²) in [6.07, 6.45) is 1.51. The summed E-state index contributed by atoms with van der Waals surface area (Å²) in [5.41, 5.74) is 0.370. The van der Waals surface area contributed by atoms with Gasteiger partial charge in [0.25, 0.3) is 0 Å². The van der Waals surface area contributed by atoms with Gasteiger partial charge in [0.05, 0.1) is 5.60 Å². The van der Waals surface area contributed by atoms with E-state index in [0.29, 0.717) is 11.0 Å². The normalized spacial score (nSPS) is 19.5. The first-order valence-corrected chi connectivity index (χ1v) is 6.25. The Kier molecular flexibility index (Phi) is 3.27. The number of aliphatic hydroxyl groups is 1. The summed E-state index contributed by atoms with van der Waals surface area (Å²) in [5.74, 6) is 1.59. The zero-order valence-electron chi connectivity index (χ0n) is 10.5. The fraction of sp³-hybridized carbons (Fsp3) is 0.667. The third-order valence-corrected chi connectivity index (χ3v) is 3.68. The topological polar surface area (TPSA) is 49.2 Å². The van der Waals surface area contributed by atoms with Crippen molar-refractivity contribution >= 4 is 17.4 Å².